The predicted octanol–water partition coefficient (Wildman–Crippen LogP) is 3.72. The van der Waals surface area contributed by atoms with E-state index in [0.29, 0.717) is 35.0 Å². The standard InChI is InChI=1S/C24H23FN8O/c1-2-3-17-13-32-21(15-4-7-19(20(25)10-15)24(34)31-16-5-6-16)12-28-23(32)22(30-17)27-11-18-8-9-29-33(18)14-26/h2-4,7-10,12-14,16,26H,5-6,11H2,1H3,(H,27,30)(H,31,34). The number of fused-ring (bicyclic) bond motifs is 1. The largest absolute Gasteiger partial charge is 0.361 e. The summed E-state index contributed by atoms with van der Waals surface area (Å²) >= 11 is 0. The van der Waals surface area contributed by atoms with E-state index < -0.39 is 5.82 Å². The van der Waals surface area contributed by atoms with Crippen molar-refractivity contribution in [2.45, 2.75) is 32.4 Å². The number of halogens is 1. The lowest BCUT2D eigenvalue weighted by Gasteiger charge is -2.11. The molecule has 0 atom stereocenters. The fraction of sp³-hybridized carbons (Fsp3) is 0.208. The second-order valence-electron chi connectivity index (χ2n) is 8.04. The molecule has 34 heavy (non-hydrogen) atoms. The molecule has 3 aromatic heterocycles. The summed E-state index contributed by atoms with van der Waals surface area (Å²) in [5, 5.41) is 17.6. The Kier molecular flexibility index (Phi) is 5.62. The number of hydrogen-bond donors (Lipinski definition) is 3. The van der Waals surface area contributed by atoms with E-state index in [0.717, 1.165) is 24.9 Å². The van der Waals surface area contributed by atoms with Crippen LogP contribution >= 0.6 is 0 Å². The quantitative estimate of drug-likeness (QED) is 0.275. The van der Waals surface area contributed by atoms with Gasteiger partial charge in [-0.15, -0.1) is 0 Å². The van der Waals surface area contributed by atoms with Gasteiger partial charge in [-0.2, -0.15) is 5.10 Å². The summed E-state index contributed by atoms with van der Waals surface area (Å²) in [6.07, 6.45) is 11.9. The molecule has 0 spiro atoms. The molecule has 0 radical (unpaired) electrons. The Morgan fingerprint density at radius 1 is 1.32 bits per heavy atom. The maximum Gasteiger partial charge on any atom is 0.254 e. The Labute approximate surface area is 194 Å². The molecule has 1 saturated carbocycles. The zero-order valence-corrected chi connectivity index (χ0v) is 18.5. The van der Waals surface area contributed by atoms with Crippen LogP contribution in [-0.4, -0.2) is 42.4 Å². The summed E-state index contributed by atoms with van der Waals surface area (Å²) in [4.78, 5) is 21.5. The number of carbonyl (C=O) groups excluding carboxylic acids is 1. The summed E-state index contributed by atoms with van der Waals surface area (Å²) in [5.41, 5.74) is 3.35. The molecule has 9 nitrogen and oxygen atoms in total. The van der Waals surface area contributed by atoms with Crippen LogP contribution in [0.5, 0.6) is 0 Å². The van der Waals surface area contributed by atoms with Gasteiger partial charge in [0.2, 0.25) is 0 Å². The highest BCUT2D eigenvalue weighted by Gasteiger charge is 2.25. The highest BCUT2D eigenvalue weighted by atomic mass is 19.1. The van der Waals surface area contributed by atoms with Crippen LogP contribution in [0.1, 0.15) is 41.5 Å². The van der Waals surface area contributed by atoms with E-state index in [2.05, 4.69) is 25.7 Å². The molecule has 172 valence electrons. The summed E-state index contributed by atoms with van der Waals surface area (Å²) < 4.78 is 18.1. The molecule has 1 amide bonds. The first kappa shape index (κ1) is 21.5. The van der Waals surface area contributed by atoms with Crippen molar-refractivity contribution in [3.05, 3.63) is 71.7 Å². The van der Waals surface area contributed by atoms with Crippen LogP contribution in [0.15, 0.2) is 48.9 Å². The van der Waals surface area contributed by atoms with Gasteiger partial charge in [0, 0.05) is 24.0 Å². The topological polar surface area (TPSA) is 113 Å². The predicted molar refractivity (Wildman–Crippen MR) is 127 cm³/mol. The fourth-order valence-electron chi connectivity index (χ4n) is 3.71. The number of rotatable bonds is 8. The van der Waals surface area contributed by atoms with Crippen molar-refractivity contribution in [2.24, 2.45) is 0 Å². The Balaban J connectivity index is 1.50. The first-order chi connectivity index (χ1) is 16.6. The third-order valence-electron chi connectivity index (χ3n) is 5.58. The van der Waals surface area contributed by atoms with Crippen LogP contribution in [0.25, 0.3) is 23.0 Å². The number of imidazole rings is 1. The minimum Gasteiger partial charge on any atom is -0.361 e. The molecule has 0 saturated heterocycles. The van der Waals surface area contributed by atoms with Crippen LogP contribution in [0.2, 0.25) is 0 Å². The molecule has 1 aromatic carbocycles. The number of nitrogens with zero attached hydrogens (tertiary/aromatic N) is 5. The normalized spacial score (nSPS) is 13.5. The lowest BCUT2D eigenvalue weighted by molar-refractivity contribution is 0.0947. The van der Waals surface area contributed by atoms with Gasteiger partial charge in [-0.05, 0) is 44.0 Å². The maximum absolute atomic E-state index is 14.8. The summed E-state index contributed by atoms with van der Waals surface area (Å²) in [6.45, 7) is 2.29. The molecular formula is C24H23FN8O. The molecular weight excluding hydrogens is 435 g/mol. The molecule has 0 bridgehead atoms. The first-order valence-electron chi connectivity index (χ1n) is 11.0. The number of anilines is 1. The van der Waals surface area contributed by atoms with Gasteiger partial charge in [0.1, 0.15) is 12.2 Å². The summed E-state index contributed by atoms with van der Waals surface area (Å²) in [6, 6.07) is 6.56. The van der Waals surface area contributed by atoms with Gasteiger partial charge in [-0.3, -0.25) is 14.6 Å². The number of carbonyl (C=O) groups is 1. The van der Waals surface area contributed by atoms with Crippen molar-refractivity contribution < 1.29 is 9.18 Å². The van der Waals surface area contributed by atoms with Gasteiger partial charge in [0.25, 0.3) is 5.91 Å². The monoisotopic (exact) mass is 458 g/mol. The van der Waals surface area contributed by atoms with Crippen molar-refractivity contribution in [3.8, 4) is 11.3 Å². The lowest BCUT2D eigenvalue weighted by Crippen LogP contribution is -2.26. The number of nitrogens with one attached hydrogen (secondary N) is 3. The summed E-state index contributed by atoms with van der Waals surface area (Å²) in [5.74, 6) is -0.424. The number of amides is 1. The minimum atomic E-state index is -0.577. The van der Waals surface area contributed by atoms with E-state index >= 15 is 0 Å². The number of allylic oxidation sites excluding steroid dienone is 1. The maximum atomic E-state index is 14.8. The fourth-order valence-corrected chi connectivity index (χ4v) is 3.71. The molecule has 0 unspecified atom stereocenters. The first-order valence-corrected chi connectivity index (χ1v) is 11.0. The molecule has 0 aliphatic heterocycles. The zero-order valence-electron chi connectivity index (χ0n) is 18.5. The second kappa shape index (κ2) is 8.89. The molecule has 1 fully saturated rings. The molecule has 3 heterocycles. The third kappa shape index (κ3) is 4.17. The Morgan fingerprint density at radius 2 is 2.18 bits per heavy atom. The minimum absolute atomic E-state index is 0.0332. The Hall–Kier alpha value is -4.34. The van der Waals surface area contributed by atoms with Gasteiger partial charge in [0.15, 0.2) is 11.5 Å². The Bertz CT molecular complexity index is 1420. The van der Waals surface area contributed by atoms with Crippen LogP contribution < -0.4 is 10.6 Å². The number of hydrogen-bond acceptors (Lipinski definition) is 6. The lowest BCUT2D eigenvalue weighted by atomic mass is 10.1. The van der Waals surface area contributed by atoms with E-state index in [1.54, 1.807) is 18.5 Å². The van der Waals surface area contributed by atoms with E-state index in [1.165, 1.54) is 16.8 Å². The van der Waals surface area contributed by atoms with Crippen molar-refractivity contribution in [1.29, 1.82) is 5.41 Å². The van der Waals surface area contributed by atoms with Crippen LogP contribution in [0, 0.1) is 11.2 Å². The molecule has 1 aliphatic rings. The zero-order chi connectivity index (χ0) is 23.7. The smallest absolute Gasteiger partial charge is 0.254 e. The molecule has 1 aliphatic carbocycles. The van der Waals surface area contributed by atoms with E-state index in [4.69, 9.17) is 5.41 Å². The van der Waals surface area contributed by atoms with Crippen molar-refractivity contribution in [2.75, 3.05) is 5.32 Å². The van der Waals surface area contributed by atoms with Gasteiger partial charge in [-0.1, -0.05) is 12.1 Å². The van der Waals surface area contributed by atoms with E-state index in [9.17, 15) is 9.18 Å². The average molecular weight is 459 g/mol. The highest BCUT2D eigenvalue weighted by molar-refractivity contribution is 5.95. The van der Waals surface area contributed by atoms with Gasteiger partial charge < -0.3 is 10.6 Å². The van der Waals surface area contributed by atoms with E-state index in [-0.39, 0.29) is 17.5 Å². The average Bonchev–Trinajstić information content (AvgIpc) is 3.35. The summed E-state index contributed by atoms with van der Waals surface area (Å²) in [7, 11) is 0. The van der Waals surface area contributed by atoms with Crippen LogP contribution in [0.4, 0.5) is 10.2 Å². The van der Waals surface area contributed by atoms with Gasteiger partial charge >= 0.3 is 0 Å². The SMILES string of the molecule is CC=Cc1cn2c(-c3ccc(C(=O)NC4CC4)c(F)c3)cnc2c(NCc2ccnn2C=N)n1. The van der Waals surface area contributed by atoms with Crippen molar-refractivity contribution >= 4 is 29.8 Å². The number of benzene rings is 1. The molecule has 3 N–H and O–H groups in total. The second-order valence-corrected chi connectivity index (χ2v) is 8.04. The third-order valence-corrected chi connectivity index (χ3v) is 5.58. The van der Waals surface area contributed by atoms with Crippen molar-refractivity contribution in [3.63, 3.8) is 0 Å². The number of aromatic nitrogens is 5. The van der Waals surface area contributed by atoms with Gasteiger partial charge in [-0.25, -0.2) is 19.0 Å². The van der Waals surface area contributed by atoms with Gasteiger partial charge in [0.05, 0.1) is 35.4 Å². The van der Waals surface area contributed by atoms with E-state index in [1.807, 2.05) is 35.7 Å². The van der Waals surface area contributed by atoms with Crippen LogP contribution in [0.3, 0.4) is 0 Å². The highest BCUT2D eigenvalue weighted by Crippen LogP contribution is 2.27. The molecule has 4 aromatic rings. The van der Waals surface area contributed by atoms with Crippen molar-refractivity contribution in [1.82, 2.24) is 29.5 Å². The molecule has 10 heteroatoms. The Morgan fingerprint density at radius 3 is 2.91 bits per heavy atom. The molecule has 5 rings (SSSR count). The van der Waals surface area contributed by atoms with Crippen LogP contribution in [-0.2, 0) is 6.54 Å².